The molecule has 1 aliphatic heterocycles. The van der Waals surface area contributed by atoms with Gasteiger partial charge in [0.1, 0.15) is 11.6 Å². The van der Waals surface area contributed by atoms with E-state index in [1.807, 2.05) is 6.07 Å². The number of hydrogen-bond donors (Lipinski definition) is 1. The number of halogens is 3. The van der Waals surface area contributed by atoms with E-state index in [2.05, 4.69) is 0 Å². The highest BCUT2D eigenvalue weighted by atomic mass is 19.4. The predicted molar refractivity (Wildman–Crippen MR) is 118 cm³/mol. The Bertz CT molecular complexity index is 1060. The van der Waals surface area contributed by atoms with Gasteiger partial charge in [-0.25, -0.2) is 0 Å². The Morgan fingerprint density at radius 2 is 1.76 bits per heavy atom. The van der Waals surface area contributed by atoms with Gasteiger partial charge in [0, 0.05) is 37.1 Å². The highest BCUT2D eigenvalue weighted by molar-refractivity contribution is 6.10. The summed E-state index contributed by atoms with van der Waals surface area (Å²) in [6.45, 7) is 1.95. The Balaban J connectivity index is 1.86. The number of ether oxygens (including phenoxy) is 2. The first-order valence-corrected chi connectivity index (χ1v) is 10.7. The molecule has 0 saturated carbocycles. The third-order valence-electron chi connectivity index (χ3n) is 5.16. The van der Waals surface area contributed by atoms with Crippen LogP contribution in [0.3, 0.4) is 0 Å². The first-order chi connectivity index (χ1) is 15.9. The number of rotatable bonds is 12. The SMILES string of the molecule is N#C/C(C(=O)CCCOCCOCCO)=C(\c1ccc2ccccc2c1N1CC1)C(F)(F)F. The average molecular weight is 462 g/mol. The third kappa shape index (κ3) is 6.32. The van der Waals surface area contributed by atoms with Crippen molar-refractivity contribution in [1.29, 1.82) is 5.26 Å². The molecule has 3 rings (SSSR count). The van der Waals surface area contributed by atoms with Crippen LogP contribution < -0.4 is 4.90 Å². The number of allylic oxidation sites excluding steroid dienone is 2. The minimum Gasteiger partial charge on any atom is -0.394 e. The number of anilines is 1. The number of benzene rings is 2. The Morgan fingerprint density at radius 1 is 1.06 bits per heavy atom. The van der Waals surface area contributed by atoms with E-state index in [1.54, 1.807) is 29.2 Å². The molecule has 1 aliphatic rings. The fraction of sp³-hybridized carbons (Fsp3) is 0.417. The number of carbonyl (C=O) groups is 1. The van der Waals surface area contributed by atoms with Crippen LogP contribution in [0.15, 0.2) is 42.0 Å². The molecule has 1 N–H and O–H groups in total. The Hall–Kier alpha value is -2.93. The monoisotopic (exact) mass is 462 g/mol. The zero-order chi connectivity index (χ0) is 23.8. The number of carbonyl (C=O) groups excluding carboxylic acids is 1. The molecule has 0 unspecified atom stereocenters. The van der Waals surface area contributed by atoms with E-state index in [4.69, 9.17) is 14.6 Å². The largest absolute Gasteiger partial charge is 0.418 e. The van der Waals surface area contributed by atoms with Gasteiger partial charge in [0.2, 0.25) is 0 Å². The highest BCUT2D eigenvalue weighted by Gasteiger charge is 2.42. The summed E-state index contributed by atoms with van der Waals surface area (Å²) in [7, 11) is 0. The molecule has 0 radical (unpaired) electrons. The van der Waals surface area contributed by atoms with Crippen molar-refractivity contribution >= 4 is 27.8 Å². The van der Waals surface area contributed by atoms with Crippen molar-refractivity contribution in [3.63, 3.8) is 0 Å². The van der Waals surface area contributed by atoms with Gasteiger partial charge in [0.25, 0.3) is 0 Å². The first kappa shape index (κ1) is 24.7. The molecule has 1 saturated heterocycles. The van der Waals surface area contributed by atoms with E-state index in [-0.39, 0.29) is 51.4 Å². The molecular weight excluding hydrogens is 437 g/mol. The minimum atomic E-state index is -4.88. The van der Waals surface area contributed by atoms with Crippen LogP contribution in [0, 0.1) is 11.3 Å². The minimum absolute atomic E-state index is 0.101. The van der Waals surface area contributed by atoms with E-state index < -0.39 is 23.1 Å². The van der Waals surface area contributed by atoms with Gasteiger partial charge in [-0.15, -0.1) is 0 Å². The zero-order valence-electron chi connectivity index (χ0n) is 18.0. The second-order valence-corrected chi connectivity index (χ2v) is 7.50. The maximum atomic E-state index is 14.2. The number of aliphatic hydroxyl groups excluding tert-OH is 1. The number of fused-ring (bicyclic) bond motifs is 1. The summed E-state index contributed by atoms with van der Waals surface area (Å²) < 4.78 is 53.0. The zero-order valence-corrected chi connectivity index (χ0v) is 18.0. The highest BCUT2D eigenvalue weighted by Crippen LogP contribution is 2.45. The molecular formula is C24H25F3N2O4. The lowest BCUT2D eigenvalue weighted by Crippen LogP contribution is -2.18. The maximum absolute atomic E-state index is 14.2. The van der Waals surface area contributed by atoms with Crippen LogP contribution in [0.4, 0.5) is 18.9 Å². The molecule has 1 heterocycles. The number of Topliss-reactive ketones (excluding diaryl/α,β-unsaturated/α-hetero) is 1. The van der Waals surface area contributed by atoms with Crippen molar-refractivity contribution in [2.24, 2.45) is 0 Å². The molecule has 6 nitrogen and oxygen atoms in total. The second kappa shape index (κ2) is 11.3. The molecule has 33 heavy (non-hydrogen) atoms. The molecule has 9 heteroatoms. The summed E-state index contributed by atoms with van der Waals surface area (Å²) in [4.78, 5) is 14.5. The van der Waals surface area contributed by atoms with Crippen LogP contribution in [0.2, 0.25) is 0 Å². The third-order valence-corrected chi connectivity index (χ3v) is 5.16. The molecule has 1 fully saturated rings. The number of nitriles is 1. The summed E-state index contributed by atoms with van der Waals surface area (Å²) in [6.07, 6.45) is -4.95. The molecule has 0 spiro atoms. The van der Waals surface area contributed by atoms with E-state index in [1.165, 1.54) is 12.1 Å². The lowest BCUT2D eigenvalue weighted by Gasteiger charge is -2.20. The van der Waals surface area contributed by atoms with Crippen molar-refractivity contribution in [3.05, 3.63) is 47.5 Å². The molecule has 0 bridgehead atoms. The van der Waals surface area contributed by atoms with Crippen LogP contribution in [-0.4, -0.2) is 63.2 Å². The van der Waals surface area contributed by atoms with Gasteiger partial charge in [0.15, 0.2) is 5.78 Å². The van der Waals surface area contributed by atoms with Gasteiger partial charge < -0.3 is 19.5 Å². The topological polar surface area (TPSA) is 82.6 Å². The maximum Gasteiger partial charge on any atom is 0.418 e. The molecule has 176 valence electrons. The van der Waals surface area contributed by atoms with Crippen molar-refractivity contribution in [1.82, 2.24) is 0 Å². The standard InChI is InChI=1S/C24H25F3N2O4/c25-24(26,27)22(20(16-28)21(31)6-3-12-32-14-15-33-13-11-30)19-8-7-17-4-1-2-5-18(17)23(19)29-9-10-29/h1-2,4-5,7-8,30H,3,6,9-15H2/b22-20-. The number of nitrogens with zero attached hydrogens (tertiary/aromatic N) is 2. The van der Waals surface area contributed by atoms with Crippen molar-refractivity contribution in [2.75, 3.05) is 51.0 Å². The van der Waals surface area contributed by atoms with Crippen LogP contribution >= 0.6 is 0 Å². The summed E-state index contributed by atoms with van der Waals surface area (Å²) in [5.74, 6) is -0.866. The molecule has 0 aromatic heterocycles. The van der Waals surface area contributed by atoms with Crippen molar-refractivity contribution in [3.8, 4) is 6.07 Å². The van der Waals surface area contributed by atoms with E-state index in [9.17, 15) is 23.2 Å². The second-order valence-electron chi connectivity index (χ2n) is 7.50. The molecule has 0 aliphatic carbocycles. The number of aliphatic hydroxyl groups is 1. The van der Waals surface area contributed by atoms with Gasteiger partial charge in [-0.05, 0) is 11.8 Å². The first-order valence-electron chi connectivity index (χ1n) is 10.7. The van der Waals surface area contributed by atoms with Gasteiger partial charge in [0.05, 0.1) is 37.7 Å². The quantitative estimate of drug-likeness (QED) is 0.223. The summed E-state index contributed by atoms with van der Waals surface area (Å²) in [5.41, 5.74) is -1.83. The Kier molecular flexibility index (Phi) is 8.44. The normalized spacial score (nSPS) is 14.2. The summed E-state index contributed by atoms with van der Waals surface area (Å²) >= 11 is 0. The van der Waals surface area contributed by atoms with Crippen LogP contribution in [0.5, 0.6) is 0 Å². The van der Waals surface area contributed by atoms with Gasteiger partial charge in [-0.3, -0.25) is 4.79 Å². The molecule has 2 aromatic carbocycles. The Morgan fingerprint density at radius 3 is 2.39 bits per heavy atom. The summed E-state index contributed by atoms with van der Waals surface area (Å²) in [6, 6.07) is 11.6. The molecule has 2 aromatic rings. The van der Waals surface area contributed by atoms with Gasteiger partial charge in [-0.2, -0.15) is 18.4 Å². The number of hydrogen-bond acceptors (Lipinski definition) is 6. The van der Waals surface area contributed by atoms with Crippen molar-refractivity contribution < 1.29 is 32.5 Å². The lowest BCUT2D eigenvalue weighted by molar-refractivity contribution is -0.116. The van der Waals surface area contributed by atoms with Crippen molar-refractivity contribution in [2.45, 2.75) is 19.0 Å². The van der Waals surface area contributed by atoms with E-state index in [0.29, 0.717) is 24.2 Å². The fourth-order valence-corrected chi connectivity index (χ4v) is 3.60. The number of alkyl halides is 3. The molecule has 0 atom stereocenters. The lowest BCUT2D eigenvalue weighted by atomic mass is 9.92. The van der Waals surface area contributed by atoms with E-state index >= 15 is 0 Å². The van der Waals surface area contributed by atoms with Gasteiger partial charge in [-0.1, -0.05) is 36.4 Å². The van der Waals surface area contributed by atoms with Crippen LogP contribution in [0.25, 0.3) is 16.3 Å². The predicted octanol–water partition coefficient (Wildman–Crippen LogP) is 3.87. The van der Waals surface area contributed by atoms with Gasteiger partial charge >= 0.3 is 6.18 Å². The molecule has 0 amide bonds. The Labute approximate surface area is 189 Å². The average Bonchev–Trinajstić information content (AvgIpc) is 3.62. The fourth-order valence-electron chi connectivity index (χ4n) is 3.60. The number of ketones is 1. The van der Waals surface area contributed by atoms with Crippen LogP contribution in [0.1, 0.15) is 18.4 Å². The van der Waals surface area contributed by atoms with Crippen LogP contribution in [-0.2, 0) is 14.3 Å². The smallest absolute Gasteiger partial charge is 0.394 e. The summed E-state index contributed by atoms with van der Waals surface area (Å²) in [5, 5.41) is 19.6. The van der Waals surface area contributed by atoms with E-state index in [0.717, 1.165) is 5.39 Å².